The van der Waals surface area contributed by atoms with Crippen LogP contribution in [-0.4, -0.2) is 62.3 Å². The predicted octanol–water partition coefficient (Wildman–Crippen LogP) is -3.10. The van der Waals surface area contributed by atoms with E-state index in [0.29, 0.717) is 21.0 Å². The van der Waals surface area contributed by atoms with Crippen LogP contribution in [0.3, 0.4) is 0 Å². The van der Waals surface area contributed by atoms with E-state index in [1.807, 2.05) is 6.92 Å². The van der Waals surface area contributed by atoms with Gasteiger partial charge in [0.05, 0.1) is 34.6 Å². The molecule has 2 aromatic heterocycles. The van der Waals surface area contributed by atoms with Gasteiger partial charge >= 0.3 is 29.6 Å². The summed E-state index contributed by atoms with van der Waals surface area (Å²) in [5, 5.41) is 25.2. The molecule has 0 bridgehead atoms. The van der Waals surface area contributed by atoms with Gasteiger partial charge in [0.1, 0.15) is 16.9 Å². The molecule has 0 saturated carbocycles. The fourth-order valence-electron chi connectivity index (χ4n) is 5.25. The van der Waals surface area contributed by atoms with Crippen molar-refractivity contribution in [3.05, 3.63) is 28.8 Å². The number of β-lactam (4-membered cyclic amide) rings is 1. The zero-order valence-corrected chi connectivity index (χ0v) is 21.0. The van der Waals surface area contributed by atoms with Crippen LogP contribution in [0.5, 0.6) is 0 Å². The Hall–Kier alpha value is -1.56. The molecule has 3 aliphatic heterocycles. The van der Waals surface area contributed by atoms with Crippen molar-refractivity contribution in [2.24, 2.45) is 17.8 Å². The maximum Gasteiger partial charge on any atom is 1.00 e. The topological polar surface area (TPSA) is 127 Å². The van der Waals surface area contributed by atoms with Crippen LogP contribution in [0.2, 0.25) is 0 Å². The Morgan fingerprint density at radius 2 is 2.03 bits per heavy atom. The number of aliphatic carboxylic acids is 1. The van der Waals surface area contributed by atoms with Gasteiger partial charge in [-0.05, 0) is 32.9 Å². The number of hydrogen-bond acceptors (Lipinski definition) is 8. The number of piperidine rings is 1. The standard InChI is InChI=1S/C21H24N4O5S.Na/c1-9-13(17(21(29)30)25-16(9)14(10(2)26)19(25)28)12-7-24-8-23-15(20(24)31-12)18(27)11-3-5-22-6-4-11;/h7-11,14,16,22,26H,3-6H2,1-2H3,(H,29,30);/q;+1/p-1/t9-,10+,14+,16+;/m0./s1. The van der Waals surface area contributed by atoms with Crippen LogP contribution in [0.4, 0.5) is 0 Å². The summed E-state index contributed by atoms with van der Waals surface area (Å²) < 4.78 is 1.74. The van der Waals surface area contributed by atoms with Gasteiger partial charge < -0.3 is 25.2 Å². The van der Waals surface area contributed by atoms with Gasteiger partial charge in [-0.25, -0.2) is 4.98 Å². The van der Waals surface area contributed by atoms with Gasteiger partial charge in [0.25, 0.3) is 0 Å². The number of thiazole rings is 1. The average molecular weight is 466 g/mol. The number of nitrogens with zero attached hydrogens (tertiary/aromatic N) is 3. The van der Waals surface area contributed by atoms with Crippen molar-refractivity contribution in [1.82, 2.24) is 19.6 Å². The molecule has 5 rings (SSSR count). The fraction of sp³-hybridized carbons (Fsp3) is 0.524. The summed E-state index contributed by atoms with van der Waals surface area (Å²) in [6.07, 6.45) is 4.01. The second-order valence-corrected chi connectivity index (χ2v) is 9.62. The number of aliphatic hydroxyl groups is 1. The zero-order valence-electron chi connectivity index (χ0n) is 18.2. The maximum atomic E-state index is 13.0. The summed E-state index contributed by atoms with van der Waals surface area (Å²) in [6, 6.07) is -0.411. The van der Waals surface area contributed by atoms with E-state index < -0.39 is 29.9 Å². The van der Waals surface area contributed by atoms with E-state index >= 15 is 0 Å². The van der Waals surface area contributed by atoms with E-state index in [4.69, 9.17) is 0 Å². The Balaban J connectivity index is 0.00000245. The minimum absolute atomic E-state index is 0. The minimum atomic E-state index is -1.41. The number of imidazole rings is 1. The van der Waals surface area contributed by atoms with Crippen molar-refractivity contribution in [3.63, 3.8) is 0 Å². The third-order valence-corrected chi connectivity index (χ3v) is 7.93. The number of amides is 1. The van der Waals surface area contributed by atoms with E-state index in [1.165, 1.54) is 16.2 Å². The number of carbonyl (C=O) groups excluding carboxylic acids is 3. The van der Waals surface area contributed by atoms with Crippen molar-refractivity contribution in [3.8, 4) is 0 Å². The van der Waals surface area contributed by atoms with E-state index in [9.17, 15) is 24.6 Å². The molecule has 164 valence electrons. The summed E-state index contributed by atoms with van der Waals surface area (Å²) in [6.45, 7) is 5.01. The molecule has 2 saturated heterocycles. The van der Waals surface area contributed by atoms with Gasteiger partial charge in [-0.2, -0.15) is 0 Å². The van der Waals surface area contributed by atoms with Crippen molar-refractivity contribution in [2.75, 3.05) is 13.1 Å². The molecule has 9 nitrogen and oxygen atoms in total. The molecule has 5 heterocycles. The molecule has 3 aliphatic rings. The predicted molar refractivity (Wildman–Crippen MR) is 110 cm³/mol. The summed E-state index contributed by atoms with van der Waals surface area (Å²) in [7, 11) is 0. The molecule has 0 aliphatic carbocycles. The van der Waals surface area contributed by atoms with Crippen LogP contribution in [0, 0.1) is 17.8 Å². The number of hydrogen-bond donors (Lipinski definition) is 2. The van der Waals surface area contributed by atoms with Gasteiger partial charge in [-0.1, -0.05) is 6.92 Å². The second kappa shape index (κ2) is 8.66. The smallest absolute Gasteiger partial charge is 0.543 e. The van der Waals surface area contributed by atoms with Gasteiger partial charge in [-0.3, -0.25) is 14.0 Å². The van der Waals surface area contributed by atoms with Gasteiger partial charge in [0.2, 0.25) is 5.91 Å². The molecular formula is C21H23N4NaO5S. The first-order valence-corrected chi connectivity index (χ1v) is 11.3. The molecule has 32 heavy (non-hydrogen) atoms. The zero-order chi connectivity index (χ0) is 22.0. The SMILES string of the molecule is C[C@@H](O)[C@H]1C(=O)N2C(C(=O)[O-])=C(c3cn4cnc(C(=O)C5CCNCC5)c4s3)[C@H](C)[C@H]12.[Na+]. The molecule has 1 amide bonds. The Labute approximate surface area is 210 Å². The minimum Gasteiger partial charge on any atom is -0.543 e. The van der Waals surface area contributed by atoms with E-state index in [-0.39, 0.29) is 52.9 Å². The Morgan fingerprint density at radius 1 is 1.34 bits per heavy atom. The molecule has 0 unspecified atom stereocenters. The number of aliphatic hydroxyl groups excluding tert-OH is 1. The summed E-state index contributed by atoms with van der Waals surface area (Å²) in [4.78, 5) is 44.4. The quantitative estimate of drug-likeness (QED) is 0.272. The average Bonchev–Trinajstić information content (AvgIpc) is 3.37. The molecule has 11 heteroatoms. The van der Waals surface area contributed by atoms with Gasteiger partial charge in [0.15, 0.2) is 5.78 Å². The molecule has 0 aromatic carbocycles. The molecule has 2 aromatic rings. The van der Waals surface area contributed by atoms with E-state index in [2.05, 4.69) is 10.3 Å². The summed E-state index contributed by atoms with van der Waals surface area (Å²) in [5.41, 5.74) is 0.782. The first-order valence-electron chi connectivity index (χ1n) is 10.5. The van der Waals surface area contributed by atoms with Crippen molar-refractivity contribution in [2.45, 2.75) is 38.8 Å². The maximum absolute atomic E-state index is 13.0. The molecule has 0 radical (unpaired) electrons. The molecule has 2 N–H and O–H groups in total. The molecule has 2 fully saturated rings. The normalized spacial score (nSPS) is 26.7. The number of ketones is 1. The number of Topliss-reactive ketones (excluding diaryl/α,β-unsaturated/α-hetero) is 1. The van der Waals surface area contributed by atoms with Gasteiger partial charge in [0, 0.05) is 23.6 Å². The largest absolute Gasteiger partial charge is 1.00 e. The van der Waals surface area contributed by atoms with Crippen molar-refractivity contribution in [1.29, 1.82) is 0 Å². The Kier molecular flexibility index (Phi) is 6.38. The number of rotatable bonds is 5. The van der Waals surface area contributed by atoms with Crippen LogP contribution in [-0.2, 0) is 9.59 Å². The van der Waals surface area contributed by atoms with Crippen molar-refractivity contribution < 1.29 is 54.2 Å². The fourth-order valence-corrected chi connectivity index (χ4v) is 6.48. The van der Waals surface area contributed by atoms with Crippen LogP contribution in [0.25, 0.3) is 10.4 Å². The molecular weight excluding hydrogens is 443 g/mol. The third kappa shape index (κ3) is 3.39. The number of nitrogens with one attached hydrogen (secondary N) is 1. The summed E-state index contributed by atoms with van der Waals surface area (Å²) >= 11 is 1.30. The third-order valence-electron chi connectivity index (χ3n) is 6.79. The van der Waals surface area contributed by atoms with Crippen LogP contribution >= 0.6 is 11.3 Å². The number of aromatic nitrogens is 2. The Morgan fingerprint density at radius 3 is 2.66 bits per heavy atom. The van der Waals surface area contributed by atoms with Crippen LogP contribution in [0.15, 0.2) is 18.2 Å². The molecule has 0 spiro atoms. The monoisotopic (exact) mass is 466 g/mol. The molecule has 4 atom stereocenters. The van der Waals surface area contributed by atoms with Crippen LogP contribution in [0.1, 0.15) is 42.1 Å². The van der Waals surface area contributed by atoms with Crippen LogP contribution < -0.4 is 40.0 Å². The number of fused-ring (bicyclic) bond motifs is 2. The second-order valence-electron chi connectivity index (χ2n) is 8.59. The van der Waals surface area contributed by atoms with Gasteiger partial charge in [-0.15, -0.1) is 11.3 Å². The first kappa shape index (κ1) is 23.6. The van der Waals surface area contributed by atoms with Crippen molar-refractivity contribution >= 4 is 39.4 Å². The van der Waals surface area contributed by atoms with E-state index in [1.54, 1.807) is 23.8 Å². The number of carbonyl (C=O) groups is 3. The summed E-state index contributed by atoms with van der Waals surface area (Å²) in [5.74, 6) is -2.78. The first-order chi connectivity index (χ1) is 14.8. The number of carboxylic acids is 1. The Bertz CT molecular complexity index is 1130. The number of carboxylic acid groups (broad SMARTS) is 1. The van der Waals surface area contributed by atoms with E-state index in [0.717, 1.165) is 25.9 Å².